The van der Waals surface area contributed by atoms with Crippen LogP contribution in [0.1, 0.15) is 225 Å². The summed E-state index contributed by atoms with van der Waals surface area (Å²) in [6.07, 6.45) is 29.6. The summed E-state index contributed by atoms with van der Waals surface area (Å²) in [5.74, 6) is 31.3. The topological polar surface area (TPSA) is 36.9 Å². The lowest BCUT2D eigenvalue weighted by Gasteiger charge is -2.06. The summed E-state index contributed by atoms with van der Waals surface area (Å²) in [6, 6.07) is 32.3. The second-order valence-electron chi connectivity index (χ2n) is 19.1. The molecule has 0 atom stereocenters. The van der Waals surface area contributed by atoms with Gasteiger partial charge < -0.3 is 18.9 Å². The summed E-state index contributed by atoms with van der Waals surface area (Å²) in [5, 5.41) is 0. The van der Waals surface area contributed by atoms with Gasteiger partial charge in [-0.2, -0.15) is 0 Å². The maximum Gasteiger partial charge on any atom is 0.119 e. The van der Waals surface area contributed by atoms with Gasteiger partial charge in [0, 0.05) is 22.3 Å². The van der Waals surface area contributed by atoms with Gasteiger partial charge in [-0.15, -0.1) is 11.3 Å². The van der Waals surface area contributed by atoms with Gasteiger partial charge >= 0.3 is 0 Å². The van der Waals surface area contributed by atoms with Gasteiger partial charge in [0.25, 0.3) is 0 Å². The Hall–Kier alpha value is -5.98. The van der Waals surface area contributed by atoms with Crippen molar-refractivity contribution in [2.45, 2.75) is 182 Å². The molecule has 5 heteroatoms. The highest BCUT2D eigenvalue weighted by molar-refractivity contribution is 7.13. The minimum atomic E-state index is 0.723. The van der Waals surface area contributed by atoms with Crippen molar-refractivity contribution in [2.24, 2.45) is 0 Å². The minimum Gasteiger partial charge on any atom is -0.494 e. The van der Waals surface area contributed by atoms with Crippen LogP contribution in [0.25, 0.3) is 0 Å². The summed E-state index contributed by atoms with van der Waals surface area (Å²) in [5.41, 5.74) is 5.11. The molecule has 0 N–H and O–H groups in total. The first-order valence-electron chi connectivity index (χ1n) is 28.2. The SMILES string of the molecule is CCCCCCCCOc1ccc(C#Cc2sc(C#Cc3ccc(OCCCCCCCC)cc3)c(C#Cc3ccc(OCCCCCCCC)cc3)c2C#Cc2ccc(OCCCCCCCC)cc2)cc1. The lowest BCUT2D eigenvalue weighted by atomic mass is 10.1. The van der Waals surface area contributed by atoms with E-state index in [-0.39, 0.29) is 0 Å². The Labute approximate surface area is 446 Å². The Bertz CT molecular complexity index is 2340. The van der Waals surface area contributed by atoms with Crippen molar-refractivity contribution in [3.05, 3.63) is 140 Å². The van der Waals surface area contributed by atoms with Gasteiger partial charge in [0.1, 0.15) is 23.0 Å². The van der Waals surface area contributed by atoms with Crippen molar-refractivity contribution in [1.29, 1.82) is 0 Å². The lowest BCUT2D eigenvalue weighted by molar-refractivity contribution is 0.304. The zero-order chi connectivity index (χ0) is 51.2. The summed E-state index contributed by atoms with van der Waals surface area (Å²) >= 11 is 1.54. The molecule has 5 aromatic rings. The summed E-state index contributed by atoms with van der Waals surface area (Å²) in [4.78, 5) is 1.64. The van der Waals surface area contributed by atoms with Gasteiger partial charge in [-0.05, 0) is 135 Å². The second-order valence-corrected chi connectivity index (χ2v) is 20.1. The molecular formula is C68H84O4S. The molecule has 0 aliphatic carbocycles. The van der Waals surface area contributed by atoms with E-state index in [1.165, 1.54) is 140 Å². The number of unbranched alkanes of at least 4 members (excludes halogenated alkanes) is 20. The van der Waals surface area contributed by atoms with E-state index in [4.69, 9.17) is 18.9 Å². The van der Waals surface area contributed by atoms with E-state index in [9.17, 15) is 0 Å². The molecule has 0 saturated heterocycles. The molecule has 73 heavy (non-hydrogen) atoms. The molecule has 4 nitrogen and oxygen atoms in total. The number of thiophene rings is 1. The van der Waals surface area contributed by atoms with Crippen LogP contribution in [-0.4, -0.2) is 26.4 Å². The molecule has 0 amide bonds. The maximum atomic E-state index is 6.10. The molecule has 1 heterocycles. The van der Waals surface area contributed by atoms with Gasteiger partial charge in [0.05, 0.1) is 47.3 Å². The molecule has 5 rings (SSSR count). The Morgan fingerprint density at radius 2 is 0.479 bits per heavy atom. The van der Waals surface area contributed by atoms with Crippen molar-refractivity contribution in [3.8, 4) is 70.4 Å². The monoisotopic (exact) mass is 997 g/mol. The minimum absolute atomic E-state index is 0.723. The first-order chi connectivity index (χ1) is 36.1. The molecule has 0 radical (unpaired) electrons. The average Bonchev–Trinajstić information content (AvgIpc) is 3.76. The van der Waals surface area contributed by atoms with Crippen molar-refractivity contribution < 1.29 is 18.9 Å². The van der Waals surface area contributed by atoms with Crippen LogP contribution < -0.4 is 18.9 Å². The lowest BCUT2D eigenvalue weighted by Crippen LogP contribution is -1.97. The van der Waals surface area contributed by atoms with Crippen molar-refractivity contribution in [1.82, 2.24) is 0 Å². The average molecular weight is 997 g/mol. The van der Waals surface area contributed by atoms with E-state index in [0.717, 1.165) is 118 Å². The molecule has 0 aliphatic rings. The van der Waals surface area contributed by atoms with E-state index in [0.29, 0.717) is 0 Å². The van der Waals surface area contributed by atoms with Gasteiger partial charge in [-0.1, -0.05) is 192 Å². The van der Waals surface area contributed by atoms with Gasteiger partial charge in [-0.3, -0.25) is 0 Å². The molecule has 0 unspecified atom stereocenters. The van der Waals surface area contributed by atoms with Crippen LogP contribution in [-0.2, 0) is 0 Å². The second kappa shape index (κ2) is 36.9. The van der Waals surface area contributed by atoms with Crippen LogP contribution in [0.15, 0.2) is 97.1 Å². The largest absolute Gasteiger partial charge is 0.494 e. The highest BCUT2D eigenvalue weighted by Gasteiger charge is 2.14. The first-order valence-corrected chi connectivity index (χ1v) is 29.1. The molecule has 1 aromatic heterocycles. The zero-order valence-corrected chi connectivity index (χ0v) is 45.9. The van der Waals surface area contributed by atoms with Crippen LogP contribution in [0.3, 0.4) is 0 Å². The molecule has 0 saturated carbocycles. The van der Waals surface area contributed by atoms with Crippen LogP contribution in [0, 0.1) is 47.4 Å². The zero-order valence-electron chi connectivity index (χ0n) is 45.1. The van der Waals surface area contributed by atoms with E-state index in [1.807, 2.05) is 97.1 Å². The van der Waals surface area contributed by atoms with Gasteiger partial charge in [0.15, 0.2) is 0 Å². The summed E-state index contributed by atoms with van der Waals surface area (Å²) in [6.45, 7) is 11.9. The number of hydrogen-bond donors (Lipinski definition) is 0. The third-order valence-electron chi connectivity index (χ3n) is 12.7. The van der Waals surface area contributed by atoms with Crippen LogP contribution >= 0.6 is 11.3 Å². The standard InChI is InChI=1S/C68H84O4S/c1-5-9-13-17-21-25-53-69-61-41-29-57(30-42-61)37-49-65-66(50-38-58-31-43-62(44-32-58)70-54-26-22-18-14-10-6-2)68(52-40-60-35-47-64(48-36-60)72-56-28-24-20-16-12-8-4)73-67(65)51-39-59-33-45-63(46-34-59)71-55-27-23-19-15-11-7-3/h29-36,41-48H,5-28,53-56H2,1-4H3. The van der Waals surface area contributed by atoms with Crippen LogP contribution in [0.5, 0.6) is 23.0 Å². The Morgan fingerprint density at radius 1 is 0.260 bits per heavy atom. The summed E-state index contributed by atoms with van der Waals surface area (Å²) in [7, 11) is 0. The van der Waals surface area contributed by atoms with Crippen molar-refractivity contribution in [2.75, 3.05) is 26.4 Å². The van der Waals surface area contributed by atoms with Gasteiger partial charge in [0.2, 0.25) is 0 Å². The number of rotatable bonds is 32. The molecule has 386 valence electrons. The van der Waals surface area contributed by atoms with Crippen molar-refractivity contribution in [3.63, 3.8) is 0 Å². The summed E-state index contributed by atoms with van der Waals surface area (Å²) < 4.78 is 24.4. The number of benzene rings is 4. The van der Waals surface area contributed by atoms with Gasteiger partial charge in [-0.25, -0.2) is 0 Å². The Morgan fingerprint density at radius 3 is 0.726 bits per heavy atom. The maximum absolute atomic E-state index is 6.10. The third kappa shape index (κ3) is 24.1. The van der Waals surface area contributed by atoms with Crippen molar-refractivity contribution >= 4 is 11.3 Å². The highest BCUT2D eigenvalue weighted by Crippen LogP contribution is 2.28. The molecule has 4 aromatic carbocycles. The Kier molecular flexibility index (Phi) is 29.2. The van der Waals surface area contributed by atoms with E-state index in [1.54, 1.807) is 0 Å². The molecule has 0 aliphatic heterocycles. The number of hydrogen-bond acceptors (Lipinski definition) is 5. The fourth-order valence-electron chi connectivity index (χ4n) is 8.20. The Balaban J connectivity index is 1.42. The smallest absolute Gasteiger partial charge is 0.119 e. The third-order valence-corrected chi connectivity index (χ3v) is 13.7. The van der Waals surface area contributed by atoms with Crippen LogP contribution in [0.4, 0.5) is 0 Å². The molecule has 0 spiro atoms. The quantitative estimate of drug-likeness (QED) is 0.0318. The van der Waals surface area contributed by atoms with E-state index >= 15 is 0 Å². The van der Waals surface area contributed by atoms with Crippen LogP contribution in [0.2, 0.25) is 0 Å². The first kappa shape index (κ1) is 57.9. The molecule has 0 bridgehead atoms. The van der Waals surface area contributed by atoms with E-state index in [2.05, 4.69) is 75.1 Å². The van der Waals surface area contributed by atoms with E-state index < -0.39 is 0 Å². The highest BCUT2D eigenvalue weighted by atomic mass is 32.1. The molecular weight excluding hydrogens is 913 g/mol. The number of ether oxygens (including phenoxy) is 4. The molecule has 0 fully saturated rings. The normalized spacial score (nSPS) is 10.5. The fourth-order valence-corrected chi connectivity index (χ4v) is 9.12. The predicted octanol–water partition coefficient (Wildman–Crippen LogP) is 18.3. The fraction of sp³-hybridized carbons (Fsp3) is 0.471. The predicted molar refractivity (Wildman–Crippen MR) is 309 cm³/mol.